The van der Waals surface area contributed by atoms with Gasteiger partial charge in [0, 0.05) is 24.0 Å². The van der Waals surface area contributed by atoms with E-state index in [-0.39, 0.29) is 18.3 Å². The number of carboxylic acid groups (broad SMARTS) is 1. The number of carbonyl (C=O) groups excluding carboxylic acids is 1. The second kappa shape index (κ2) is 6.93. The van der Waals surface area contributed by atoms with Crippen molar-refractivity contribution in [3.05, 3.63) is 27.4 Å². The molecule has 2 rings (SSSR count). The van der Waals surface area contributed by atoms with E-state index in [0.29, 0.717) is 23.8 Å². The van der Waals surface area contributed by atoms with Gasteiger partial charge in [-0.05, 0) is 24.6 Å². The Morgan fingerprint density at radius 1 is 1.47 bits per heavy atom. The molecule has 0 saturated carbocycles. The summed E-state index contributed by atoms with van der Waals surface area (Å²) in [4.78, 5) is 25.1. The van der Waals surface area contributed by atoms with Crippen LogP contribution in [0.4, 0.5) is 0 Å². The van der Waals surface area contributed by atoms with Crippen LogP contribution >= 0.6 is 35.3 Å². The first-order valence-electron chi connectivity index (χ1n) is 5.51. The number of thiophene rings is 1. The number of hydrogen-bond donors (Lipinski definition) is 1. The average molecular weight is 322 g/mol. The predicted octanol–water partition coefficient (Wildman–Crippen LogP) is 2.77. The van der Waals surface area contributed by atoms with Gasteiger partial charge in [0.05, 0.1) is 10.3 Å². The topological polar surface area (TPSA) is 57.6 Å². The molecule has 2 heterocycles. The monoisotopic (exact) mass is 321 g/mol. The van der Waals surface area contributed by atoms with Gasteiger partial charge in [-0.3, -0.25) is 9.59 Å². The third-order valence-electron chi connectivity index (χ3n) is 2.83. The van der Waals surface area contributed by atoms with Crippen LogP contribution in [0.15, 0.2) is 18.2 Å². The Labute approximate surface area is 126 Å². The highest BCUT2D eigenvalue weighted by Gasteiger charge is 2.29. The second-order valence-corrected chi connectivity index (χ2v) is 5.83. The van der Waals surface area contributed by atoms with Crippen molar-refractivity contribution in [3.63, 3.8) is 0 Å². The zero-order valence-electron chi connectivity index (χ0n) is 9.91. The van der Waals surface area contributed by atoms with Crippen LogP contribution in [0.3, 0.4) is 0 Å². The van der Waals surface area contributed by atoms with Crippen LogP contribution in [-0.4, -0.2) is 35.0 Å². The number of carbonyl (C=O) groups is 2. The van der Waals surface area contributed by atoms with Crippen LogP contribution in [-0.2, 0) is 9.59 Å². The molecule has 1 atom stereocenters. The van der Waals surface area contributed by atoms with Crippen LogP contribution in [0.25, 0.3) is 6.08 Å². The molecule has 1 aromatic heterocycles. The van der Waals surface area contributed by atoms with Gasteiger partial charge in [-0.1, -0.05) is 11.6 Å². The van der Waals surface area contributed by atoms with Crippen molar-refractivity contribution in [2.45, 2.75) is 6.42 Å². The number of hydrogen-bond acceptors (Lipinski definition) is 3. The molecule has 0 bridgehead atoms. The van der Waals surface area contributed by atoms with Gasteiger partial charge in [0.25, 0.3) is 0 Å². The summed E-state index contributed by atoms with van der Waals surface area (Å²) < 4.78 is 0.675. The summed E-state index contributed by atoms with van der Waals surface area (Å²) in [6.45, 7) is 0.801. The molecule has 0 aromatic carbocycles. The molecule has 0 aliphatic carbocycles. The Morgan fingerprint density at radius 2 is 2.21 bits per heavy atom. The van der Waals surface area contributed by atoms with E-state index in [0.717, 1.165) is 4.88 Å². The van der Waals surface area contributed by atoms with Gasteiger partial charge in [-0.25, -0.2) is 0 Å². The molecule has 0 spiro atoms. The van der Waals surface area contributed by atoms with Gasteiger partial charge < -0.3 is 10.0 Å². The van der Waals surface area contributed by atoms with E-state index in [4.69, 9.17) is 16.7 Å². The maximum atomic E-state index is 11.8. The number of halogens is 2. The summed E-state index contributed by atoms with van der Waals surface area (Å²) in [6, 6.07) is 3.60. The van der Waals surface area contributed by atoms with Crippen molar-refractivity contribution in [3.8, 4) is 0 Å². The number of carboxylic acids is 1. The van der Waals surface area contributed by atoms with Crippen molar-refractivity contribution >= 4 is 53.3 Å². The van der Waals surface area contributed by atoms with Gasteiger partial charge in [0.2, 0.25) is 5.91 Å². The minimum atomic E-state index is -0.834. The van der Waals surface area contributed by atoms with E-state index in [9.17, 15) is 9.59 Å². The molecule has 7 heteroatoms. The lowest BCUT2D eigenvalue weighted by Crippen LogP contribution is -2.28. The summed E-state index contributed by atoms with van der Waals surface area (Å²) in [5.41, 5.74) is 0. The highest BCUT2D eigenvalue weighted by Crippen LogP contribution is 2.23. The highest BCUT2D eigenvalue weighted by atomic mass is 35.5. The molecule has 4 nitrogen and oxygen atoms in total. The Morgan fingerprint density at radius 3 is 2.74 bits per heavy atom. The number of likely N-dealkylation sites (tertiary alicyclic amines) is 1. The van der Waals surface area contributed by atoms with E-state index in [1.807, 2.05) is 6.07 Å². The molecule has 1 aliphatic heterocycles. The van der Waals surface area contributed by atoms with Crippen LogP contribution in [0.2, 0.25) is 4.34 Å². The highest BCUT2D eigenvalue weighted by molar-refractivity contribution is 7.17. The van der Waals surface area contributed by atoms with Crippen LogP contribution in [0.5, 0.6) is 0 Å². The zero-order valence-corrected chi connectivity index (χ0v) is 12.3. The maximum Gasteiger partial charge on any atom is 0.308 e. The molecule has 1 saturated heterocycles. The van der Waals surface area contributed by atoms with Crippen LogP contribution < -0.4 is 0 Å². The van der Waals surface area contributed by atoms with E-state index in [1.54, 1.807) is 17.0 Å². The van der Waals surface area contributed by atoms with Crippen LogP contribution in [0.1, 0.15) is 11.3 Å². The molecule has 1 aromatic rings. The standard InChI is InChI=1S/C12H12ClNO3S.ClH/c13-10-3-1-9(18-10)2-4-11(15)14-6-5-8(7-14)12(16)17;/h1-4,8H,5-7H2,(H,16,17);1H/b4-2+;. The van der Waals surface area contributed by atoms with Gasteiger partial charge in [0.1, 0.15) is 0 Å². The molecule has 0 radical (unpaired) electrons. The number of amides is 1. The van der Waals surface area contributed by atoms with Crippen molar-refractivity contribution in [1.29, 1.82) is 0 Å². The summed E-state index contributed by atoms with van der Waals surface area (Å²) >= 11 is 7.17. The fraction of sp³-hybridized carbons (Fsp3) is 0.333. The molecule has 1 aliphatic rings. The smallest absolute Gasteiger partial charge is 0.308 e. The van der Waals surface area contributed by atoms with Crippen molar-refractivity contribution in [1.82, 2.24) is 4.90 Å². The largest absolute Gasteiger partial charge is 0.481 e. The lowest BCUT2D eigenvalue weighted by Gasteiger charge is -2.12. The van der Waals surface area contributed by atoms with Crippen molar-refractivity contribution in [2.75, 3.05) is 13.1 Å². The SMILES string of the molecule is Cl.O=C(O)C1CCN(C(=O)/C=C/c2ccc(Cl)s2)C1. The summed E-state index contributed by atoms with van der Waals surface area (Å²) in [5.74, 6) is -1.42. The van der Waals surface area contributed by atoms with Gasteiger partial charge in [-0.15, -0.1) is 23.7 Å². The van der Waals surface area contributed by atoms with Gasteiger partial charge in [0.15, 0.2) is 0 Å². The lowest BCUT2D eigenvalue weighted by molar-refractivity contribution is -0.141. The molecule has 1 amide bonds. The predicted molar refractivity (Wildman–Crippen MR) is 77.9 cm³/mol. The summed E-state index contributed by atoms with van der Waals surface area (Å²) in [5, 5.41) is 8.85. The Kier molecular flexibility index (Phi) is 5.85. The minimum Gasteiger partial charge on any atom is -0.481 e. The average Bonchev–Trinajstić information content (AvgIpc) is 2.94. The van der Waals surface area contributed by atoms with E-state index in [1.165, 1.54) is 17.4 Å². The quantitative estimate of drug-likeness (QED) is 0.871. The second-order valence-electron chi connectivity index (χ2n) is 4.08. The normalized spacial score (nSPS) is 18.6. The lowest BCUT2D eigenvalue weighted by atomic mass is 10.1. The first kappa shape index (κ1) is 16.0. The molecular weight excluding hydrogens is 309 g/mol. The Bertz CT molecular complexity index is 501. The molecule has 1 N–H and O–H groups in total. The zero-order chi connectivity index (χ0) is 13.1. The first-order chi connectivity index (χ1) is 8.56. The summed E-state index contributed by atoms with van der Waals surface area (Å²) in [7, 11) is 0. The number of rotatable bonds is 3. The molecule has 19 heavy (non-hydrogen) atoms. The fourth-order valence-electron chi connectivity index (χ4n) is 1.84. The molecule has 1 unspecified atom stereocenters. The summed E-state index contributed by atoms with van der Waals surface area (Å²) in [6.07, 6.45) is 3.69. The fourth-order valence-corrected chi connectivity index (χ4v) is 2.80. The number of nitrogens with zero attached hydrogens (tertiary/aromatic N) is 1. The van der Waals surface area contributed by atoms with Gasteiger partial charge >= 0.3 is 5.97 Å². The third-order valence-corrected chi connectivity index (χ3v) is 4.03. The van der Waals surface area contributed by atoms with E-state index >= 15 is 0 Å². The minimum absolute atomic E-state index is 0. The molecular formula is C12H13Cl2NO3S. The third kappa shape index (κ3) is 4.23. The Balaban J connectivity index is 0.00000180. The number of aliphatic carboxylic acids is 1. The van der Waals surface area contributed by atoms with Crippen molar-refractivity contribution in [2.24, 2.45) is 5.92 Å². The van der Waals surface area contributed by atoms with Crippen LogP contribution in [0, 0.1) is 5.92 Å². The maximum absolute atomic E-state index is 11.8. The van der Waals surface area contributed by atoms with E-state index in [2.05, 4.69) is 0 Å². The first-order valence-corrected chi connectivity index (χ1v) is 6.71. The van der Waals surface area contributed by atoms with Gasteiger partial charge in [-0.2, -0.15) is 0 Å². The van der Waals surface area contributed by atoms with E-state index < -0.39 is 11.9 Å². The molecule has 104 valence electrons. The molecule has 1 fully saturated rings. The Hall–Kier alpha value is -1.04. The van der Waals surface area contributed by atoms with Crippen molar-refractivity contribution < 1.29 is 14.7 Å².